The zero-order valence-electron chi connectivity index (χ0n) is 12.9. The number of ether oxygens (including phenoxy) is 1. The van der Waals surface area contributed by atoms with Crippen molar-refractivity contribution in [1.29, 1.82) is 0 Å². The van der Waals surface area contributed by atoms with E-state index in [0.717, 1.165) is 0 Å². The monoisotopic (exact) mass is 295 g/mol. The van der Waals surface area contributed by atoms with Gasteiger partial charge in [0.1, 0.15) is 5.82 Å². The maximum Gasteiger partial charge on any atom is 0.307 e. The van der Waals surface area contributed by atoms with Crippen molar-refractivity contribution in [2.75, 3.05) is 13.7 Å². The van der Waals surface area contributed by atoms with E-state index in [1.165, 1.54) is 25.3 Å². The first-order valence-corrected chi connectivity index (χ1v) is 6.95. The number of esters is 1. The molecule has 0 bridgehead atoms. The average molecular weight is 295 g/mol. The van der Waals surface area contributed by atoms with E-state index in [1.807, 2.05) is 13.8 Å². The number of carbonyl (C=O) groups excluding carboxylic acids is 2. The maximum atomic E-state index is 13.3. The van der Waals surface area contributed by atoms with Crippen LogP contribution in [0, 0.1) is 18.7 Å². The molecular formula is C16H22FNO3. The van der Waals surface area contributed by atoms with E-state index in [2.05, 4.69) is 10.1 Å². The number of ketones is 1. The number of methoxy groups -OCH3 is 1. The zero-order chi connectivity index (χ0) is 16.0. The normalized spacial score (nSPS) is 12.3. The molecule has 0 aliphatic rings. The van der Waals surface area contributed by atoms with Crippen LogP contribution in [0.5, 0.6) is 0 Å². The summed E-state index contributed by atoms with van der Waals surface area (Å²) in [6.45, 7) is 6.22. The van der Waals surface area contributed by atoms with Gasteiger partial charge in [-0.3, -0.25) is 9.59 Å². The average Bonchev–Trinajstić information content (AvgIpc) is 2.45. The van der Waals surface area contributed by atoms with Crippen LogP contribution >= 0.6 is 0 Å². The molecule has 0 saturated heterocycles. The Morgan fingerprint density at radius 2 is 2.00 bits per heavy atom. The summed E-state index contributed by atoms with van der Waals surface area (Å²) in [4.78, 5) is 23.9. The fourth-order valence-corrected chi connectivity index (χ4v) is 1.88. The van der Waals surface area contributed by atoms with Crippen LogP contribution in [0.3, 0.4) is 0 Å². The van der Waals surface area contributed by atoms with Crippen LogP contribution in [0.15, 0.2) is 18.2 Å². The predicted octanol–water partition coefficient (Wildman–Crippen LogP) is 2.49. The summed E-state index contributed by atoms with van der Waals surface area (Å²) in [6.07, 6.45) is -0.0432. The quantitative estimate of drug-likeness (QED) is 0.620. The van der Waals surface area contributed by atoms with Crippen LogP contribution in [0.25, 0.3) is 0 Å². The van der Waals surface area contributed by atoms with Crippen molar-refractivity contribution in [2.24, 2.45) is 5.92 Å². The first kappa shape index (κ1) is 17.3. The highest BCUT2D eigenvalue weighted by Gasteiger charge is 2.23. The summed E-state index contributed by atoms with van der Waals surface area (Å²) < 4.78 is 17.9. The molecule has 0 radical (unpaired) electrons. The van der Waals surface area contributed by atoms with Crippen LogP contribution in [0.2, 0.25) is 0 Å². The minimum atomic E-state index is -0.662. The van der Waals surface area contributed by atoms with Gasteiger partial charge in [0.15, 0.2) is 5.78 Å². The second-order valence-electron chi connectivity index (χ2n) is 5.46. The van der Waals surface area contributed by atoms with E-state index in [4.69, 9.17) is 0 Å². The molecule has 1 aromatic rings. The summed E-state index contributed by atoms with van der Waals surface area (Å²) in [6, 6.07) is 3.54. The van der Waals surface area contributed by atoms with Crippen LogP contribution in [0.1, 0.15) is 36.2 Å². The van der Waals surface area contributed by atoms with E-state index in [1.54, 1.807) is 6.92 Å². The molecule has 1 aromatic carbocycles. The fraction of sp³-hybridized carbons (Fsp3) is 0.500. The third kappa shape index (κ3) is 5.27. The number of rotatable bonds is 7. The highest BCUT2D eigenvalue weighted by atomic mass is 19.1. The first-order valence-electron chi connectivity index (χ1n) is 6.95. The first-order chi connectivity index (χ1) is 9.85. The summed E-state index contributed by atoms with van der Waals surface area (Å²) in [7, 11) is 1.29. The molecular weight excluding hydrogens is 273 g/mol. The molecule has 0 amide bonds. The SMILES string of the molecule is COC(=O)CC(NCC(C)C)C(=O)c1ccc(F)c(C)c1. The van der Waals surface area contributed by atoms with Gasteiger partial charge in [-0.05, 0) is 43.1 Å². The molecule has 0 spiro atoms. The molecule has 1 rings (SSSR count). The van der Waals surface area contributed by atoms with E-state index in [9.17, 15) is 14.0 Å². The lowest BCUT2D eigenvalue weighted by Gasteiger charge is -2.18. The third-order valence-electron chi connectivity index (χ3n) is 3.13. The largest absolute Gasteiger partial charge is 0.469 e. The molecule has 0 aromatic heterocycles. The molecule has 1 unspecified atom stereocenters. The number of halogens is 1. The van der Waals surface area contributed by atoms with Gasteiger partial charge in [-0.1, -0.05) is 13.8 Å². The standard InChI is InChI=1S/C16H22FNO3/c1-10(2)9-18-14(8-15(19)21-4)16(20)12-5-6-13(17)11(3)7-12/h5-7,10,14,18H,8-9H2,1-4H3. The van der Waals surface area contributed by atoms with Crippen molar-refractivity contribution in [2.45, 2.75) is 33.2 Å². The molecule has 5 heteroatoms. The molecule has 1 N–H and O–H groups in total. The van der Waals surface area contributed by atoms with Crippen LogP contribution < -0.4 is 5.32 Å². The number of nitrogens with one attached hydrogen (secondary N) is 1. The molecule has 0 fully saturated rings. The molecule has 0 aliphatic carbocycles. The van der Waals surface area contributed by atoms with Gasteiger partial charge in [0.05, 0.1) is 19.6 Å². The fourth-order valence-electron chi connectivity index (χ4n) is 1.88. The Labute approximate surface area is 124 Å². The minimum Gasteiger partial charge on any atom is -0.469 e. The molecule has 0 aliphatic heterocycles. The molecule has 4 nitrogen and oxygen atoms in total. The van der Waals surface area contributed by atoms with Gasteiger partial charge >= 0.3 is 5.97 Å². The number of Topliss-reactive ketones (excluding diaryl/α,β-unsaturated/α-hetero) is 1. The van der Waals surface area contributed by atoms with E-state index in [-0.39, 0.29) is 18.0 Å². The Bertz CT molecular complexity index is 514. The van der Waals surface area contributed by atoms with Crippen molar-refractivity contribution in [3.8, 4) is 0 Å². The van der Waals surface area contributed by atoms with Crippen molar-refractivity contribution in [3.63, 3.8) is 0 Å². The summed E-state index contributed by atoms with van der Waals surface area (Å²) in [5.41, 5.74) is 0.792. The topological polar surface area (TPSA) is 55.4 Å². The van der Waals surface area contributed by atoms with Crippen LogP contribution in [0.4, 0.5) is 4.39 Å². The molecule has 1 atom stereocenters. The van der Waals surface area contributed by atoms with Crippen LogP contribution in [-0.2, 0) is 9.53 Å². The lowest BCUT2D eigenvalue weighted by molar-refractivity contribution is -0.141. The Morgan fingerprint density at radius 3 is 2.52 bits per heavy atom. The summed E-state index contributed by atoms with van der Waals surface area (Å²) in [5, 5.41) is 3.07. The van der Waals surface area contributed by atoms with Crippen molar-refractivity contribution in [3.05, 3.63) is 35.1 Å². The van der Waals surface area contributed by atoms with Crippen molar-refractivity contribution >= 4 is 11.8 Å². The summed E-state index contributed by atoms with van der Waals surface area (Å²) >= 11 is 0. The number of hydrogen-bond donors (Lipinski definition) is 1. The minimum absolute atomic E-state index is 0.0432. The van der Waals surface area contributed by atoms with E-state index in [0.29, 0.717) is 23.6 Å². The summed E-state index contributed by atoms with van der Waals surface area (Å²) in [5.74, 6) is -0.702. The molecule has 0 saturated carbocycles. The maximum absolute atomic E-state index is 13.3. The Hall–Kier alpha value is -1.75. The Morgan fingerprint density at radius 1 is 1.33 bits per heavy atom. The van der Waals surface area contributed by atoms with Crippen LogP contribution in [-0.4, -0.2) is 31.4 Å². The second kappa shape index (κ2) is 7.88. The smallest absolute Gasteiger partial charge is 0.307 e. The molecule has 116 valence electrons. The number of hydrogen-bond acceptors (Lipinski definition) is 4. The number of aryl methyl sites for hydroxylation is 1. The third-order valence-corrected chi connectivity index (χ3v) is 3.13. The van der Waals surface area contributed by atoms with Gasteiger partial charge < -0.3 is 10.1 Å². The molecule has 21 heavy (non-hydrogen) atoms. The van der Waals surface area contributed by atoms with Gasteiger partial charge in [-0.25, -0.2) is 4.39 Å². The lowest BCUT2D eigenvalue weighted by Crippen LogP contribution is -2.40. The second-order valence-corrected chi connectivity index (χ2v) is 5.46. The Kier molecular flexibility index (Phi) is 6.49. The highest BCUT2D eigenvalue weighted by molar-refractivity contribution is 6.01. The van der Waals surface area contributed by atoms with Crippen molar-refractivity contribution in [1.82, 2.24) is 5.32 Å². The van der Waals surface area contributed by atoms with Gasteiger partial charge in [0.25, 0.3) is 0 Å². The highest BCUT2D eigenvalue weighted by Crippen LogP contribution is 2.13. The van der Waals surface area contributed by atoms with Crippen molar-refractivity contribution < 1.29 is 18.7 Å². The number of carbonyl (C=O) groups is 2. The lowest BCUT2D eigenvalue weighted by atomic mass is 9.99. The van der Waals surface area contributed by atoms with Gasteiger partial charge in [-0.2, -0.15) is 0 Å². The predicted molar refractivity (Wildman–Crippen MR) is 78.7 cm³/mol. The van der Waals surface area contributed by atoms with Gasteiger partial charge in [0.2, 0.25) is 0 Å². The molecule has 0 heterocycles. The van der Waals surface area contributed by atoms with E-state index >= 15 is 0 Å². The van der Waals surface area contributed by atoms with Gasteiger partial charge in [0, 0.05) is 5.56 Å². The van der Waals surface area contributed by atoms with Gasteiger partial charge in [-0.15, -0.1) is 0 Å². The van der Waals surface area contributed by atoms with E-state index < -0.39 is 12.0 Å². The zero-order valence-corrected chi connectivity index (χ0v) is 12.9. The number of benzene rings is 1. The Balaban J connectivity index is 2.91.